The third kappa shape index (κ3) is 4.08. The van der Waals surface area contributed by atoms with Crippen molar-refractivity contribution >= 4 is 0 Å². The summed E-state index contributed by atoms with van der Waals surface area (Å²) >= 11 is 0. The van der Waals surface area contributed by atoms with Crippen LogP contribution in [0.15, 0.2) is 47.1 Å². The van der Waals surface area contributed by atoms with E-state index in [1.54, 1.807) is 0 Å². The topological polar surface area (TPSA) is 53.0 Å². The van der Waals surface area contributed by atoms with Crippen molar-refractivity contribution in [2.75, 3.05) is 6.61 Å². The zero-order valence-electron chi connectivity index (χ0n) is 18.4. The first-order valence-electron chi connectivity index (χ1n) is 10.8. The number of rotatable bonds is 6. The molecule has 0 aromatic carbocycles. The van der Waals surface area contributed by atoms with E-state index in [4.69, 9.17) is 4.74 Å². The number of allylic oxidation sites excluding steroid dienone is 7. The summed E-state index contributed by atoms with van der Waals surface area (Å²) in [6, 6.07) is 0. The van der Waals surface area contributed by atoms with Crippen LogP contribution in [0.2, 0.25) is 0 Å². The van der Waals surface area contributed by atoms with Gasteiger partial charge < -0.3 is 14.9 Å². The van der Waals surface area contributed by atoms with Crippen LogP contribution in [0.3, 0.4) is 0 Å². The van der Waals surface area contributed by atoms with Crippen LogP contribution in [0.1, 0.15) is 54.4 Å². The Morgan fingerprint density at radius 3 is 2.75 bits per heavy atom. The molecule has 2 fully saturated rings. The SMILES string of the molecule is C/C=C(/C)C1C(C)=CC2CC3(C)OC3CC2C1/C=C/C=C(\C)C(O)C(C)CO. The van der Waals surface area contributed by atoms with E-state index < -0.39 is 6.10 Å². The standard InChI is InChI=1S/C25H38O3/c1-7-15(2)23-17(4)11-19-13-25(6)22(28-25)12-21(19)20(23)10-8-9-16(3)24(27)18(5)14-26/h7-11,18-24,26-27H,12-14H2,1-6H3/b10-8+,15-7-,16-9+. The van der Waals surface area contributed by atoms with Crippen molar-refractivity contribution in [3.05, 3.63) is 47.1 Å². The Morgan fingerprint density at radius 2 is 2.11 bits per heavy atom. The smallest absolute Gasteiger partial charge is 0.0926 e. The van der Waals surface area contributed by atoms with Crippen LogP contribution in [0.5, 0.6) is 0 Å². The summed E-state index contributed by atoms with van der Waals surface area (Å²) < 4.78 is 6.04. The second kappa shape index (κ2) is 8.30. The molecule has 0 radical (unpaired) electrons. The predicted octanol–water partition coefficient (Wildman–Crippen LogP) is 4.82. The van der Waals surface area contributed by atoms with Gasteiger partial charge in [-0.2, -0.15) is 0 Å². The van der Waals surface area contributed by atoms with Crippen LogP contribution in [0, 0.1) is 29.6 Å². The van der Waals surface area contributed by atoms with E-state index in [1.165, 1.54) is 11.1 Å². The van der Waals surface area contributed by atoms with Gasteiger partial charge in [-0.1, -0.05) is 48.5 Å². The fourth-order valence-corrected chi connectivity index (χ4v) is 5.51. The fourth-order valence-electron chi connectivity index (χ4n) is 5.51. The summed E-state index contributed by atoms with van der Waals surface area (Å²) in [5.74, 6) is 1.95. The third-order valence-corrected chi connectivity index (χ3v) is 7.49. The molecule has 8 unspecified atom stereocenters. The molecule has 1 aliphatic heterocycles. The van der Waals surface area contributed by atoms with Gasteiger partial charge in [0.1, 0.15) is 0 Å². The van der Waals surface area contributed by atoms with Crippen molar-refractivity contribution < 1.29 is 14.9 Å². The minimum absolute atomic E-state index is 0.00481. The molecule has 0 aromatic heterocycles. The third-order valence-electron chi connectivity index (χ3n) is 7.49. The van der Waals surface area contributed by atoms with Gasteiger partial charge in [0.25, 0.3) is 0 Å². The Hall–Kier alpha value is -1.16. The van der Waals surface area contributed by atoms with Crippen molar-refractivity contribution in [3.63, 3.8) is 0 Å². The minimum atomic E-state index is -0.598. The highest BCUT2D eigenvalue weighted by Crippen LogP contribution is 2.57. The average molecular weight is 387 g/mol. The first-order valence-corrected chi connectivity index (χ1v) is 10.8. The van der Waals surface area contributed by atoms with Crippen molar-refractivity contribution in [2.45, 2.75) is 72.2 Å². The molecule has 3 heteroatoms. The summed E-state index contributed by atoms with van der Waals surface area (Å²) in [7, 11) is 0. The van der Waals surface area contributed by atoms with Crippen LogP contribution < -0.4 is 0 Å². The highest BCUT2D eigenvalue weighted by Gasteiger charge is 2.59. The Labute approximate surface area is 170 Å². The van der Waals surface area contributed by atoms with Gasteiger partial charge in [0.05, 0.1) is 17.8 Å². The average Bonchev–Trinajstić information content (AvgIpc) is 3.33. The lowest BCUT2D eigenvalue weighted by Gasteiger charge is -2.44. The van der Waals surface area contributed by atoms with Crippen molar-refractivity contribution in [1.82, 2.24) is 0 Å². The van der Waals surface area contributed by atoms with E-state index >= 15 is 0 Å². The lowest BCUT2D eigenvalue weighted by Crippen LogP contribution is -2.39. The molecule has 2 aliphatic carbocycles. The molecule has 1 saturated heterocycles. The van der Waals surface area contributed by atoms with E-state index in [-0.39, 0.29) is 18.1 Å². The first-order chi connectivity index (χ1) is 13.2. The molecule has 3 aliphatic rings. The molecule has 0 bridgehead atoms. The molecule has 2 N–H and O–H groups in total. The lowest BCUT2D eigenvalue weighted by atomic mass is 9.59. The molecule has 0 aromatic rings. The van der Waals surface area contributed by atoms with E-state index in [2.05, 4.69) is 52.0 Å². The second-order valence-electron chi connectivity index (χ2n) is 9.59. The van der Waals surface area contributed by atoms with Gasteiger partial charge in [0.15, 0.2) is 0 Å². The van der Waals surface area contributed by atoms with Crippen molar-refractivity contribution in [1.29, 1.82) is 0 Å². The van der Waals surface area contributed by atoms with Crippen molar-refractivity contribution in [3.8, 4) is 0 Å². The molecule has 156 valence electrons. The quantitative estimate of drug-likeness (QED) is 0.391. The number of fused-ring (bicyclic) bond motifs is 2. The number of hydrogen-bond acceptors (Lipinski definition) is 3. The number of aliphatic hydroxyl groups is 2. The normalized spacial score (nSPS) is 40.6. The molecule has 0 spiro atoms. The largest absolute Gasteiger partial charge is 0.396 e. The van der Waals surface area contributed by atoms with Crippen LogP contribution in [0.25, 0.3) is 0 Å². The number of epoxide rings is 1. The summed E-state index contributed by atoms with van der Waals surface area (Å²) in [6.07, 6.45) is 13.4. The van der Waals surface area contributed by atoms with Gasteiger partial charge in [-0.05, 0) is 70.8 Å². The van der Waals surface area contributed by atoms with Gasteiger partial charge >= 0.3 is 0 Å². The van der Waals surface area contributed by atoms with Crippen molar-refractivity contribution in [2.24, 2.45) is 29.6 Å². The predicted molar refractivity (Wildman–Crippen MR) is 115 cm³/mol. The first kappa shape index (κ1) is 21.5. The van der Waals surface area contributed by atoms with E-state index in [0.29, 0.717) is 29.8 Å². The van der Waals surface area contributed by atoms with Gasteiger partial charge in [-0.25, -0.2) is 0 Å². The molecule has 8 atom stereocenters. The van der Waals surface area contributed by atoms with E-state index in [9.17, 15) is 10.2 Å². The molecule has 28 heavy (non-hydrogen) atoms. The van der Waals surface area contributed by atoms with Gasteiger partial charge in [0.2, 0.25) is 0 Å². The number of aliphatic hydroxyl groups excluding tert-OH is 2. The maximum Gasteiger partial charge on any atom is 0.0926 e. The highest BCUT2D eigenvalue weighted by molar-refractivity contribution is 5.30. The molecule has 0 amide bonds. The zero-order chi connectivity index (χ0) is 20.6. The Balaban J connectivity index is 1.85. The minimum Gasteiger partial charge on any atom is -0.396 e. The van der Waals surface area contributed by atoms with Gasteiger partial charge in [0, 0.05) is 18.4 Å². The van der Waals surface area contributed by atoms with Crippen LogP contribution >= 0.6 is 0 Å². The van der Waals surface area contributed by atoms with Gasteiger partial charge in [-0.15, -0.1) is 0 Å². The van der Waals surface area contributed by atoms with Crippen LogP contribution in [0.4, 0.5) is 0 Å². The number of ether oxygens (including phenoxy) is 1. The van der Waals surface area contributed by atoms with Crippen LogP contribution in [-0.4, -0.2) is 34.6 Å². The molecule has 1 heterocycles. The van der Waals surface area contributed by atoms with Gasteiger partial charge in [-0.3, -0.25) is 0 Å². The number of hydrogen-bond donors (Lipinski definition) is 2. The molecular weight excluding hydrogens is 348 g/mol. The zero-order valence-corrected chi connectivity index (χ0v) is 18.4. The summed E-state index contributed by atoms with van der Waals surface area (Å²) in [5.41, 5.74) is 3.92. The Kier molecular flexibility index (Phi) is 6.38. The summed E-state index contributed by atoms with van der Waals surface area (Å²) in [6.45, 7) is 12.7. The second-order valence-corrected chi connectivity index (χ2v) is 9.59. The monoisotopic (exact) mass is 386 g/mol. The molecular formula is C25H38O3. The van der Waals surface area contributed by atoms with Crippen LogP contribution in [-0.2, 0) is 4.74 Å². The summed E-state index contributed by atoms with van der Waals surface area (Å²) in [4.78, 5) is 0. The maximum absolute atomic E-state index is 10.3. The fraction of sp³-hybridized carbons (Fsp3) is 0.680. The highest BCUT2D eigenvalue weighted by atomic mass is 16.6. The molecule has 3 nitrogen and oxygen atoms in total. The Bertz CT molecular complexity index is 701. The summed E-state index contributed by atoms with van der Waals surface area (Å²) in [5, 5.41) is 19.6. The lowest BCUT2D eigenvalue weighted by molar-refractivity contribution is 0.103. The maximum atomic E-state index is 10.3. The van der Waals surface area contributed by atoms with E-state index in [0.717, 1.165) is 18.4 Å². The van der Waals surface area contributed by atoms with E-state index in [1.807, 2.05) is 19.9 Å². The molecule has 1 saturated carbocycles. The Morgan fingerprint density at radius 1 is 1.39 bits per heavy atom. The molecule has 3 rings (SSSR count).